The molecule has 3 rings (SSSR count). The first kappa shape index (κ1) is 13.6. The van der Waals surface area contributed by atoms with Crippen molar-refractivity contribution < 1.29 is 9.47 Å². The molecule has 2 N–H and O–H groups in total. The van der Waals surface area contributed by atoms with E-state index in [1.165, 1.54) is 0 Å². The quantitative estimate of drug-likeness (QED) is 0.806. The lowest BCUT2D eigenvalue weighted by Crippen LogP contribution is -2.01. The van der Waals surface area contributed by atoms with Gasteiger partial charge < -0.3 is 15.2 Å². The monoisotopic (exact) mass is 303 g/mol. The van der Waals surface area contributed by atoms with Crippen LogP contribution in [0.4, 0.5) is 5.95 Å². The molecule has 0 saturated carbocycles. The lowest BCUT2D eigenvalue weighted by Gasteiger charge is -2.10. The van der Waals surface area contributed by atoms with Crippen molar-refractivity contribution in [3.63, 3.8) is 0 Å². The minimum Gasteiger partial charge on any atom is -0.497 e. The number of halogens is 1. The maximum absolute atomic E-state index is 6.18. The highest BCUT2D eigenvalue weighted by molar-refractivity contribution is 6.32. The maximum Gasteiger partial charge on any atom is 0.205 e. The summed E-state index contributed by atoms with van der Waals surface area (Å²) in [5, 5.41) is 0.513. The molecule has 0 bridgehead atoms. The number of hydrogen-bond acceptors (Lipinski definition) is 4. The van der Waals surface area contributed by atoms with Gasteiger partial charge in [0.15, 0.2) is 0 Å². The van der Waals surface area contributed by atoms with E-state index < -0.39 is 0 Å². The number of fused-ring (bicyclic) bond motifs is 1. The molecular weight excluding hydrogens is 290 g/mol. The number of benzene rings is 2. The summed E-state index contributed by atoms with van der Waals surface area (Å²) in [6.07, 6.45) is 0. The molecule has 3 aromatic rings. The van der Waals surface area contributed by atoms with E-state index in [1.807, 2.05) is 28.8 Å². The SMILES string of the molecule is COc1ccc2nc(N)n(-c3ccc(OC)c(Cl)c3)c2c1. The molecule has 0 aliphatic carbocycles. The van der Waals surface area contributed by atoms with Gasteiger partial charge in [-0.1, -0.05) is 11.6 Å². The first-order valence-corrected chi connectivity index (χ1v) is 6.67. The summed E-state index contributed by atoms with van der Waals surface area (Å²) in [6, 6.07) is 11.1. The van der Waals surface area contributed by atoms with Gasteiger partial charge in [-0.05, 0) is 30.3 Å². The number of rotatable bonds is 3. The minimum absolute atomic E-state index is 0.388. The third kappa shape index (κ3) is 2.25. The van der Waals surface area contributed by atoms with Crippen molar-refractivity contribution in [2.45, 2.75) is 0 Å². The number of nitrogens with two attached hydrogens (primary N) is 1. The van der Waals surface area contributed by atoms with Crippen LogP contribution >= 0.6 is 11.6 Å². The first-order chi connectivity index (χ1) is 10.1. The number of anilines is 1. The normalized spacial score (nSPS) is 10.8. The number of imidazole rings is 1. The molecule has 0 saturated heterocycles. The van der Waals surface area contributed by atoms with Crippen LogP contribution in [0.15, 0.2) is 36.4 Å². The smallest absolute Gasteiger partial charge is 0.205 e. The van der Waals surface area contributed by atoms with E-state index in [9.17, 15) is 0 Å². The number of ether oxygens (including phenoxy) is 2. The molecule has 5 nitrogen and oxygen atoms in total. The topological polar surface area (TPSA) is 62.3 Å². The Balaban J connectivity index is 2.23. The predicted molar refractivity (Wildman–Crippen MR) is 83.6 cm³/mol. The molecule has 108 valence electrons. The molecule has 1 aromatic heterocycles. The van der Waals surface area contributed by atoms with Crippen LogP contribution in [0.3, 0.4) is 0 Å². The van der Waals surface area contributed by atoms with Gasteiger partial charge in [0.1, 0.15) is 11.5 Å². The van der Waals surface area contributed by atoms with Gasteiger partial charge in [0, 0.05) is 6.07 Å². The Bertz CT molecular complexity index is 814. The zero-order chi connectivity index (χ0) is 15.0. The van der Waals surface area contributed by atoms with Crippen molar-refractivity contribution in [1.82, 2.24) is 9.55 Å². The Kier molecular flexibility index (Phi) is 3.35. The van der Waals surface area contributed by atoms with E-state index in [2.05, 4.69) is 4.98 Å². The molecule has 0 amide bonds. The van der Waals surface area contributed by atoms with Gasteiger partial charge in [0.25, 0.3) is 0 Å². The zero-order valence-corrected chi connectivity index (χ0v) is 12.4. The molecule has 2 aromatic carbocycles. The van der Waals surface area contributed by atoms with Gasteiger partial charge >= 0.3 is 0 Å². The third-order valence-electron chi connectivity index (χ3n) is 3.28. The minimum atomic E-state index is 0.388. The van der Waals surface area contributed by atoms with Crippen LogP contribution in [0.5, 0.6) is 11.5 Å². The van der Waals surface area contributed by atoms with Crippen LogP contribution in [0, 0.1) is 0 Å². The van der Waals surface area contributed by atoms with Gasteiger partial charge in [-0.15, -0.1) is 0 Å². The number of hydrogen-bond donors (Lipinski definition) is 1. The van der Waals surface area contributed by atoms with Gasteiger partial charge in [-0.3, -0.25) is 4.57 Å². The van der Waals surface area contributed by atoms with Crippen LogP contribution in [-0.2, 0) is 0 Å². The highest BCUT2D eigenvalue weighted by Gasteiger charge is 2.12. The van der Waals surface area contributed by atoms with Crippen LogP contribution in [-0.4, -0.2) is 23.8 Å². The second kappa shape index (κ2) is 5.18. The fourth-order valence-corrected chi connectivity index (χ4v) is 2.52. The summed E-state index contributed by atoms with van der Waals surface area (Å²) in [5.41, 5.74) is 8.49. The van der Waals surface area contributed by atoms with E-state index in [-0.39, 0.29) is 0 Å². The van der Waals surface area contributed by atoms with Crippen molar-refractivity contribution in [2.75, 3.05) is 20.0 Å². The first-order valence-electron chi connectivity index (χ1n) is 6.30. The number of nitrogen functional groups attached to an aromatic ring is 1. The molecule has 0 aliphatic heterocycles. The summed E-state index contributed by atoms with van der Waals surface area (Å²) in [4.78, 5) is 4.35. The fourth-order valence-electron chi connectivity index (χ4n) is 2.27. The second-order valence-corrected chi connectivity index (χ2v) is 4.89. The Morgan fingerprint density at radius 1 is 1.10 bits per heavy atom. The lowest BCUT2D eigenvalue weighted by atomic mass is 10.2. The van der Waals surface area contributed by atoms with E-state index >= 15 is 0 Å². The Labute approximate surface area is 126 Å². The predicted octanol–water partition coefficient (Wildman–Crippen LogP) is 3.28. The molecule has 1 heterocycles. The van der Waals surface area contributed by atoms with E-state index in [1.54, 1.807) is 26.4 Å². The molecule has 0 aliphatic rings. The highest BCUT2D eigenvalue weighted by Crippen LogP contribution is 2.31. The summed E-state index contributed by atoms with van der Waals surface area (Å²) in [5.74, 6) is 1.74. The molecule has 21 heavy (non-hydrogen) atoms. The van der Waals surface area contributed by atoms with Crippen LogP contribution in [0.2, 0.25) is 5.02 Å². The largest absolute Gasteiger partial charge is 0.497 e. The Morgan fingerprint density at radius 3 is 2.57 bits per heavy atom. The van der Waals surface area contributed by atoms with Crippen molar-refractivity contribution in [1.29, 1.82) is 0 Å². The average Bonchev–Trinajstić information content (AvgIpc) is 2.81. The molecular formula is C15H14ClN3O2. The van der Waals surface area contributed by atoms with E-state index in [0.717, 1.165) is 22.5 Å². The van der Waals surface area contributed by atoms with Gasteiger partial charge in [-0.25, -0.2) is 4.98 Å². The molecule has 0 unspecified atom stereocenters. The fraction of sp³-hybridized carbons (Fsp3) is 0.133. The zero-order valence-electron chi connectivity index (χ0n) is 11.6. The Hall–Kier alpha value is -2.40. The standard InChI is InChI=1S/C15H14ClN3O2/c1-20-10-4-5-12-13(8-10)19(15(17)18-12)9-3-6-14(21-2)11(16)7-9/h3-8H,1-2H3,(H2,17,18). The molecule has 6 heteroatoms. The molecule has 0 atom stereocenters. The molecule has 0 fully saturated rings. The van der Waals surface area contributed by atoms with Crippen molar-refractivity contribution in [3.05, 3.63) is 41.4 Å². The molecule has 0 radical (unpaired) electrons. The lowest BCUT2D eigenvalue weighted by molar-refractivity contribution is 0.415. The second-order valence-electron chi connectivity index (χ2n) is 4.48. The number of nitrogens with zero attached hydrogens (tertiary/aromatic N) is 2. The van der Waals surface area contributed by atoms with Gasteiger partial charge in [0.2, 0.25) is 5.95 Å². The molecule has 0 spiro atoms. The van der Waals surface area contributed by atoms with E-state index in [0.29, 0.717) is 16.7 Å². The number of methoxy groups -OCH3 is 2. The average molecular weight is 304 g/mol. The van der Waals surface area contributed by atoms with Crippen molar-refractivity contribution >= 4 is 28.6 Å². The summed E-state index contributed by atoms with van der Waals surface area (Å²) < 4.78 is 12.2. The van der Waals surface area contributed by atoms with Gasteiger partial charge in [0.05, 0.1) is 36.0 Å². The summed E-state index contributed by atoms with van der Waals surface area (Å²) >= 11 is 6.18. The van der Waals surface area contributed by atoms with Gasteiger partial charge in [-0.2, -0.15) is 0 Å². The number of aromatic nitrogens is 2. The van der Waals surface area contributed by atoms with Crippen LogP contribution in [0.25, 0.3) is 16.7 Å². The van der Waals surface area contributed by atoms with Crippen LogP contribution in [0.1, 0.15) is 0 Å². The highest BCUT2D eigenvalue weighted by atomic mass is 35.5. The summed E-state index contributed by atoms with van der Waals surface area (Å²) in [7, 11) is 3.20. The van der Waals surface area contributed by atoms with Crippen LogP contribution < -0.4 is 15.2 Å². The summed E-state index contributed by atoms with van der Waals surface area (Å²) in [6.45, 7) is 0. The van der Waals surface area contributed by atoms with Crippen molar-refractivity contribution in [2.24, 2.45) is 0 Å². The Morgan fingerprint density at radius 2 is 1.90 bits per heavy atom. The maximum atomic E-state index is 6.18. The van der Waals surface area contributed by atoms with E-state index in [4.69, 9.17) is 26.8 Å². The van der Waals surface area contributed by atoms with Crippen molar-refractivity contribution in [3.8, 4) is 17.2 Å². The third-order valence-corrected chi connectivity index (χ3v) is 3.58.